The normalized spacial score (nSPS) is 10.6. The first-order valence-corrected chi connectivity index (χ1v) is 7.58. The van der Waals surface area contributed by atoms with E-state index in [0.717, 1.165) is 0 Å². The second-order valence-electron chi connectivity index (χ2n) is 3.52. The van der Waals surface area contributed by atoms with Crippen LogP contribution in [0.1, 0.15) is 23.7 Å². The lowest BCUT2D eigenvalue weighted by Crippen LogP contribution is -2.25. The number of carbonyl (C=O) groups is 1. The van der Waals surface area contributed by atoms with Gasteiger partial charge in [-0.25, -0.2) is 17.9 Å². The van der Waals surface area contributed by atoms with Crippen molar-refractivity contribution in [3.8, 4) is 11.8 Å². The molecule has 0 aliphatic rings. The van der Waals surface area contributed by atoms with Gasteiger partial charge in [0.05, 0.1) is 10.5 Å². The van der Waals surface area contributed by atoms with E-state index >= 15 is 0 Å². The van der Waals surface area contributed by atoms with E-state index in [0.29, 0.717) is 6.42 Å². The highest BCUT2D eigenvalue weighted by molar-refractivity contribution is 9.10. The fourth-order valence-electron chi connectivity index (χ4n) is 1.30. The van der Waals surface area contributed by atoms with Crippen molar-refractivity contribution in [2.24, 2.45) is 0 Å². The van der Waals surface area contributed by atoms with Gasteiger partial charge in [-0.2, -0.15) is 0 Å². The van der Waals surface area contributed by atoms with Crippen LogP contribution in [0.25, 0.3) is 0 Å². The zero-order valence-corrected chi connectivity index (χ0v) is 12.5. The first kappa shape index (κ1) is 15.7. The molecule has 0 heterocycles. The summed E-state index contributed by atoms with van der Waals surface area (Å²) in [6, 6.07) is 3.75. The third kappa shape index (κ3) is 4.35. The Morgan fingerprint density at radius 1 is 1.47 bits per heavy atom. The van der Waals surface area contributed by atoms with E-state index in [4.69, 9.17) is 5.11 Å². The van der Waals surface area contributed by atoms with Gasteiger partial charge in [-0.05, 0) is 41.1 Å². The second kappa shape index (κ2) is 6.70. The van der Waals surface area contributed by atoms with Gasteiger partial charge in [-0.15, -0.1) is 11.8 Å². The third-order valence-corrected chi connectivity index (χ3v) is 4.62. The zero-order valence-electron chi connectivity index (χ0n) is 10.1. The number of nitrogens with one attached hydrogen (secondary N) is 1. The van der Waals surface area contributed by atoms with Crippen molar-refractivity contribution in [3.63, 3.8) is 0 Å². The lowest BCUT2D eigenvalue weighted by Gasteiger charge is -2.08. The minimum atomic E-state index is -3.67. The Kier molecular flexibility index (Phi) is 5.54. The standard InChI is InChI=1S/C12H12BrNO4S/c1-2-3-4-7-14-19(17,18)11-6-5-9(12(15)16)8-10(11)13/h5-6,8,14H,4,7H2,1H3,(H,15,16). The average Bonchev–Trinajstić information content (AvgIpc) is 2.34. The molecule has 0 aromatic heterocycles. The molecule has 0 spiro atoms. The minimum absolute atomic E-state index is 0.00181. The maximum atomic E-state index is 12.0. The summed E-state index contributed by atoms with van der Waals surface area (Å²) in [5.41, 5.74) is 0.0164. The van der Waals surface area contributed by atoms with Crippen molar-refractivity contribution in [1.82, 2.24) is 4.72 Å². The number of carboxylic acid groups (broad SMARTS) is 1. The number of aromatic carboxylic acids is 1. The van der Waals surface area contributed by atoms with Crippen LogP contribution in [0.5, 0.6) is 0 Å². The number of carboxylic acids is 1. The molecule has 0 atom stereocenters. The molecule has 0 saturated heterocycles. The molecule has 0 unspecified atom stereocenters. The molecule has 1 aromatic rings. The summed E-state index contributed by atoms with van der Waals surface area (Å²) < 4.78 is 26.5. The highest BCUT2D eigenvalue weighted by Crippen LogP contribution is 2.23. The molecule has 0 aliphatic carbocycles. The van der Waals surface area contributed by atoms with Crippen LogP contribution in [-0.2, 0) is 10.0 Å². The Hall–Kier alpha value is -1.36. The number of benzene rings is 1. The molecule has 0 bridgehead atoms. The van der Waals surface area contributed by atoms with Gasteiger partial charge in [0.25, 0.3) is 0 Å². The summed E-state index contributed by atoms with van der Waals surface area (Å²) in [4.78, 5) is 10.8. The molecular formula is C12H12BrNO4S. The Morgan fingerprint density at radius 2 is 2.16 bits per heavy atom. The first-order valence-electron chi connectivity index (χ1n) is 5.30. The lowest BCUT2D eigenvalue weighted by atomic mass is 10.2. The van der Waals surface area contributed by atoms with Gasteiger partial charge in [-0.3, -0.25) is 0 Å². The van der Waals surface area contributed by atoms with Crippen LogP contribution >= 0.6 is 15.9 Å². The van der Waals surface area contributed by atoms with Crippen LogP contribution in [0, 0.1) is 11.8 Å². The predicted molar refractivity (Wildman–Crippen MR) is 74.4 cm³/mol. The monoisotopic (exact) mass is 345 g/mol. The molecule has 0 amide bonds. The molecule has 19 heavy (non-hydrogen) atoms. The molecule has 5 nitrogen and oxygen atoms in total. The highest BCUT2D eigenvalue weighted by atomic mass is 79.9. The van der Waals surface area contributed by atoms with Crippen molar-refractivity contribution < 1.29 is 18.3 Å². The van der Waals surface area contributed by atoms with E-state index in [2.05, 4.69) is 32.5 Å². The molecule has 102 valence electrons. The summed E-state index contributed by atoms with van der Waals surface area (Å²) in [5, 5.41) is 8.80. The second-order valence-corrected chi connectivity index (χ2v) is 6.11. The highest BCUT2D eigenvalue weighted by Gasteiger charge is 2.18. The van der Waals surface area contributed by atoms with Gasteiger partial charge in [0, 0.05) is 17.4 Å². The fourth-order valence-corrected chi connectivity index (χ4v) is 3.41. The van der Waals surface area contributed by atoms with Gasteiger partial charge in [0.2, 0.25) is 10.0 Å². The minimum Gasteiger partial charge on any atom is -0.478 e. The van der Waals surface area contributed by atoms with E-state index < -0.39 is 16.0 Å². The van der Waals surface area contributed by atoms with Crippen LogP contribution in [0.3, 0.4) is 0 Å². The smallest absolute Gasteiger partial charge is 0.335 e. The zero-order chi connectivity index (χ0) is 14.5. The third-order valence-electron chi connectivity index (χ3n) is 2.19. The quantitative estimate of drug-likeness (QED) is 0.630. The fraction of sp³-hybridized carbons (Fsp3) is 0.250. The van der Waals surface area contributed by atoms with Gasteiger partial charge in [0.1, 0.15) is 0 Å². The van der Waals surface area contributed by atoms with Crippen molar-refractivity contribution in [2.45, 2.75) is 18.2 Å². The SMILES string of the molecule is CC#CCCNS(=O)(=O)c1ccc(C(=O)O)cc1Br. The summed E-state index contributed by atoms with van der Waals surface area (Å²) in [6.07, 6.45) is 0.417. The summed E-state index contributed by atoms with van der Waals surface area (Å²) in [6.45, 7) is 1.88. The van der Waals surface area contributed by atoms with Crippen LogP contribution in [0.4, 0.5) is 0 Å². The van der Waals surface area contributed by atoms with E-state index in [1.54, 1.807) is 6.92 Å². The molecule has 2 N–H and O–H groups in total. The molecule has 7 heteroatoms. The van der Waals surface area contributed by atoms with Gasteiger partial charge < -0.3 is 5.11 Å². The molecule has 0 saturated carbocycles. The predicted octanol–water partition coefficient (Wildman–Crippen LogP) is 1.84. The summed E-state index contributed by atoms with van der Waals surface area (Å²) >= 11 is 3.06. The lowest BCUT2D eigenvalue weighted by molar-refractivity contribution is 0.0696. The summed E-state index contributed by atoms with van der Waals surface area (Å²) in [5.74, 6) is 4.30. The number of hydrogen-bond donors (Lipinski definition) is 2. The number of halogens is 1. The van der Waals surface area contributed by atoms with E-state index in [1.807, 2.05) is 0 Å². The maximum Gasteiger partial charge on any atom is 0.335 e. The Morgan fingerprint density at radius 3 is 2.68 bits per heavy atom. The van der Waals surface area contributed by atoms with Gasteiger partial charge in [-0.1, -0.05) is 0 Å². The molecule has 0 radical (unpaired) electrons. The largest absolute Gasteiger partial charge is 0.478 e. The number of rotatable bonds is 5. The molecule has 1 aromatic carbocycles. The molecule has 1 rings (SSSR count). The van der Waals surface area contributed by atoms with Crippen molar-refractivity contribution >= 4 is 31.9 Å². The van der Waals surface area contributed by atoms with E-state index in [9.17, 15) is 13.2 Å². The van der Waals surface area contributed by atoms with Crippen LogP contribution in [0.2, 0.25) is 0 Å². The van der Waals surface area contributed by atoms with E-state index in [-0.39, 0.29) is 21.5 Å². The Balaban J connectivity index is 2.94. The Labute approximate surface area is 120 Å². The average molecular weight is 346 g/mol. The number of sulfonamides is 1. The molecular weight excluding hydrogens is 334 g/mol. The molecule has 0 aliphatic heterocycles. The van der Waals surface area contributed by atoms with Crippen molar-refractivity contribution in [1.29, 1.82) is 0 Å². The molecule has 0 fully saturated rings. The van der Waals surface area contributed by atoms with Crippen molar-refractivity contribution in [3.05, 3.63) is 28.2 Å². The van der Waals surface area contributed by atoms with Crippen LogP contribution in [0.15, 0.2) is 27.6 Å². The topological polar surface area (TPSA) is 83.5 Å². The van der Waals surface area contributed by atoms with E-state index in [1.165, 1.54) is 18.2 Å². The van der Waals surface area contributed by atoms with Crippen LogP contribution in [-0.4, -0.2) is 26.0 Å². The summed E-state index contributed by atoms with van der Waals surface area (Å²) in [7, 11) is -3.67. The van der Waals surface area contributed by atoms with Gasteiger partial charge >= 0.3 is 5.97 Å². The maximum absolute atomic E-state index is 12.0. The Bertz CT molecular complexity index is 643. The van der Waals surface area contributed by atoms with Crippen LogP contribution < -0.4 is 4.72 Å². The number of hydrogen-bond acceptors (Lipinski definition) is 3. The van der Waals surface area contributed by atoms with Crippen molar-refractivity contribution in [2.75, 3.05) is 6.54 Å². The van der Waals surface area contributed by atoms with Gasteiger partial charge in [0.15, 0.2) is 0 Å². The first-order chi connectivity index (χ1) is 8.88.